The average molecular weight is 893 g/mol. The Hall–Kier alpha value is -1.55. The van der Waals surface area contributed by atoms with Gasteiger partial charge in [0.05, 0.1) is 0 Å². The summed E-state index contributed by atoms with van der Waals surface area (Å²) in [4.78, 5) is 143. The second-order valence-corrected chi connectivity index (χ2v) is 8.48. The summed E-state index contributed by atoms with van der Waals surface area (Å²) in [5.41, 5.74) is 0. The van der Waals surface area contributed by atoms with Crippen LogP contribution in [0.3, 0.4) is 0 Å². The molecule has 0 rings (SSSR count). The van der Waals surface area contributed by atoms with Crippen LogP contribution in [-0.2, 0) is 44.6 Å². The Kier molecular flexibility index (Phi) is 172. The Labute approximate surface area is 307 Å². The van der Waals surface area contributed by atoms with Gasteiger partial charge in [-0.25, -0.2) is 0 Å². The first-order chi connectivity index (χ1) is 17.3. The fraction of sp³-hybridized carbons (Fsp3) is 0. The summed E-state index contributed by atoms with van der Waals surface area (Å²) in [6.45, 7) is 0. The van der Waals surface area contributed by atoms with Gasteiger partial charge in [-0.1, -0.05) is 0 Å². The summed E-state index contributed by atoms with van der Waals surface area (Å²) in [5.74, 6) is 0. The van der Waals surface area contributed by atoms with Crippen LogP contribution in [0.2, 0.25) is 0 Å². The summed E-state index contributed by atoms with van der Waals surface area (Å²) in [5, 5.41) is 0. The molecule has 0 bridgehead atoms. The third-order valence-electron chi connectivity index (χ3n) is 0. The molecule has 0 aliphatic carbocycles. The molecule has 0 aromatic carbocycles. The van der Waals surface area contributed by atoms with E-state index in [4.69, 9.17) is 141 Å². The molecule has 22 N–H and O–H groups in total. The van der Waals surface area contributed by atoms with Gasteiger partial charge in [0.2, 0.25) is 0 Å². The van der Waals surface area contributed by atoms with E-state index in [-0.39, 0.29) is 77.9 Å². The predicted octanol–water partition coefficient (Wildman–Crippen LogP) is -18.1. The molecule has 44 heavy (non-hydrogen) atoms. The van der Waals surface area contributed by atoms with Gasteiger partial charge in [0.25, 0.3) is 0 Å². The zero-order valence-electron chi connectivity index (χ0n) is 20.4. The van der Waals surface area contributed by atoms with E-state index in [9.17, 15) is 0 Å². The van der Waals surface area contributed by atoms with E-state index in [1.54, 1.807) is 0 Å². The van der Waals surface area contributed by atoms with E-state index in [0.29, 0.717) is 0 Å². The maximum Gasteiger partial charge on any atom is 0.761 e. The van der Waals surface area contributed by atoms with E-state index in [2.05, 4.69) is 0 Å². The molecule has 8 radical (unpaired) electrons. The standard InChI is InChI=1S/2Al.Ca.10H2O3Si.H2O/c;;;10*1-4(2)3;/h;;;10*1-2H;1H2. The van der Waals surface area contributed by atoms with Crippen LogP contribution in [0.4, 0.5) is 0 Å². The van der Waals surface area contributed by atoms with Gasteiger partial charge in [0.1, 0.15) is 0 Å². The van der Waals surface area contributed by atoms with Crippen LogP contribution in [0, 0.1) is 0 Å². The van der Waals surface area contributed by atoms with E-state index in [1.165, 1.54) is 0 Å². The Morgan fingerprint density at radius 3 is 0.205 bits per heavy atom. The van der Waals surface area contributed by atoms with Gasteiger partial charge in [0.15, 0.2) is 0 Å². The molecule has 256 valence electrons. The molecular weight excluding hydrogens is 871 g/mol. The molecule has 0 heterocycles. The van der Waals surface area contributed by atoms with E-state index in [1.807, 2.05) is 0 Å². The molecule has 0 aromatic heterocycles. The quantitative estimate of drug-likeness (QED) is 0.100. The molecule has 0 saturated carbocycles. The number of rotatable bonds is 0. The third kappa shape index (κ3) is 26300. The fourth-order valence-electron chi connectivity index (χ4n) is 0. The largest absolute Gasteiger partial charge is 0.761 e. The first-order valence-corrected chi connectivity index (χ1v) is 19.5. The van der Waals surface area contributed by atoms with Crippen molar-refractivity contribution in [3.05, 3.63) is 0 Å². The molecule has 0 atom stereocenters. The molecule has 0 spiro atoms. The molecule has 0 aliphatic heterocycles. The second-order valence-electron chi connectivity index (χ2n) is 2.83. The van der Waals surface area contributed by atoms with E-state index in [0.717, 1.165) is 0 Å². The summed E-state index contributed by atoms with van der Waals surface area (Å²) >= 11 is 0. The Morgan fingerprint density at radius 1 is 0.205 bits per heavy atom. The monoisotopic (exact) mass is 892 g/mol. The summed E-state index contributed by atoms with van der Waals surface area (Å²) in [6, 6.07) is 0. The maximum absolute atomic E-state index is 8.74. The van der Waals surface area contributed by atoms with Crippen molar-refractivity contribution in [2.75, 3.05) is 0 Å². The Morgan fingerprint density at radius 2 is 0.205 bits per heavy atom. The van der Waals surface area contributed by atoms with Crippen molar-refractivity contribution in [1.29, 1.82) is 0 Å². The zero-order valence-corrected chi connectivity index (χ0v) is 34.9. The van der Waals surface area contributed by atoms with Crippen LogP contribution in [0.1, 0.15) is 0 Å². The summed E-state index contributed by atoms with van der Waals surface area (Å²) < 4.78 is 87.4. The van der Waals surface area contributed by atoms with E-state index < -0.39 is 91.7 Å². The molecule has 44 heteroatoms. The minimum Gasteiger partial charge on any atom is -0.511 e. The average Bonchev–Trinajstić information content (AvgIpc) is 2.47. The van der Waals surface area contributed by atoms with Crippen LogP contribution >= 0.6 is 0 Å². The third-order valence-corrected chi connectivity index (χ3v) is 0. The molecule has 31 nitrogen and oxygen atoms in total. The van der Waals surface area contributed by atoms with Gasteiger partial charge in [-0.3, -0.25) is 44.6 Å². The van der Waals surface area contributed by atoms with Crippen LogP contribution in [0.15, 0.2) is 0 Å². The van der Waals surface area contributed by atoms with Gasteiger partial charge < -0.3 is 101 Å². The van der Waals surface area contributed by atoms with Crippen LogP contribution in [-0.4, -0.2) is 266 Å². The van der Waals surface area contributed by atoms with Gasteiger partial charge in [-0.2, -0.15) is 0 Å². The molecule has 0 saturated heterocycles. The normalized spacial score (nSPS) is 5.45. The fourth-order valence-corrected chi connectivity index (χ4v) is 0. The zero-order chi connectivity index (χ0) is 35.8. The minimum atomic E-state index is -3.13. The van der Waals surface area contributed by atoms with Crippen molar-refractivity contribution in [2.24, 2.45) is 0 Å². The number of hydrogen-bond acceptors (Lipinski definition) is 10. The van der Waals surface area contributed by atoms with Crippen LogP contribution in [0.5, 0.6) is 0 Å². The van der Waals surface area contributed by atoms with Gasteiger partial charge in [-0.15, -0.1) is 0 Å². The SMILES string of the molecule is O.O=[Si](O)O.O=[Si](O)O.O=[Si](O)O.O=[Si](O)O.O=[Si](O)O.O=[Si](O)O.O=[Si](O)O.O=[Si](O)O.O=[Si](O)O.O=[Si](O)O.[Al].[Al].[Ca]. The van der Waals surface area contributed by atoms with Crippen molar-refractivity contribution in [3.8, 4) is 0 Å². The molecule has 0 aliphatic rings. The van der Waals surface area contributed by atoms with E-state index >= 15 is 0 Å². The minimum absolute atomic E-state index is 0. The molecular formula is H22Al2CaO31Si10. The summed E-state index contributed by atoms with van der Waals surface area (Å²) in [6.07, 6.45) is 0. The maximum atomic E-state index is 8.74. The molecule has 0 aromatic rings. The van der Waals surface area contributed by atoms with Gasteiger partial charge in [-0.05, 0) is 0 Å². The van der Waals surface area contributed by atoms with Gasteiger partial charge >= 0.3 is 91.7 Å². The van der Waals surface area contributed by atoms with Crippen molar-refractivity contribution in [3.63, 3.8) is 0 Å². The van der Waals surface area contributed by atoms with Crippen molar-refractivity contribution in [1.82, 2.24) is 0 Å². The summed E-state index contributed by atoms with van der Waals surface area (Å²) in [7, 11) is -31.3. The first kappa shape index (κ1) is 90.1. The molecule has 0 unspecified atom stereocenters. The Balaban J connectivity index is -0.0000000187. The second kappa shape index (κ2) is 83.8. The van der Waals surface area contributed by atoms with Crippen molar-refractivity contribution >= 4 is 164 Å². The molecule has 0 amide bonds. The number of hydrogen-bond donors (Lipinski definition) is 20. The van der Waals surface area contributed by atoms with Crippen LogP contribution < -0.4 is 0 Å². The first-order valence-electron chi connectivity index (χ1n) is 6.51. The smallest absolute Gasteiger partial charge is 0.511 e. The van der Waals surface area contributed by atoms with Crippen molar-refractivity contribution < 1.29 is 146 Å². The topological polar surface area (TPSA) is 607 Å². The Bertz CT molecular complexity index is 481. The molecule has 0 fully saturated rings. The van der Waals surface area contributed by atoms with Crippen LogP contribution in [0.25, 0.3) is 0 Å². The van der Waals surface area contributed by atoms with Crippen molar-refractivity contribution in [2.45, 2.75) is 0 Å². The van der Waals surface area contributed by atoms with Gasteiger partial charge in [0, 0.05) is 72.5 Å². The predicted molar refractivity (Wildman–Crippen MR) is 130 cm³/mol.